The summed E-state index contributed by atoms with van der Waals surface area (Å²) < 4.78 is 7.38. The predicted molar refractivity (Wildman–Crippen MR) is 126 cm³/mol. The topological polar surface area (TPSA) is 45.9 Å². The second-order valence-corrected chi connectivity index (χ2v) is 8.15. The van der Waals surface area contributed by atoms with Gasteiger partial charge in [-0.1, -0.05) is 17.7 Å². The molecular formula is C24H24ClN5O. The van der Waals surface area contributed by atoms with Crippen LogP contribution in [0, 0.1) is 6.92 Å². The number of anilines is 2. The molecule has 0 unspecified atom stereocenters. The van der Waals surface area contributed by atoms with Gasteiger partial charge in [0.25, 0.3) is 0 Å². The van der Waals surface area contributed by atoms with E-state index in [9.17, 15) is 0 Å². The van der Waals surface area contributed by atoms with Crippen LogP contribution in [0.2, 0.25) is 5.02 Å². The number of methoxy groups -OCH3 is 1. The van der Waals surface area contributed by atoms with Gasteiger partial charge in [0.05, 0.1) is 17.8 Å². The molecule has 1 fully saturated rings. The van der Waals surface area contributed by atoms with E-state index in [1.807, 2.05) is 43.6 Å². The summed E-state index contributed by atoms with van der Waals surface area (Å²) in [7, 11) is 1.63. The number of fused-ring (bicyclic) bond motifs is 1. The summed E-state index contributed by atoms with van der Waals surface area (Å²) in [5, 5.41) is 0.589. The van der Waals surface area contributed by atoms with Crippen LogP contribution in [0.3, 0.4) is 0 Å². The molecule has 4 heterocycles. The van der Waals surface area contributed by atoms with E-state index in [2.05, 4.69) is 43.6 Å². The Balaban J connectivity index is 1.38. The maximum Gasteiger partial charge on any atom is 0.139 e. The van der Waals surface area contributed by atoms with Crippen LogP contribution in [0.1, 0.15) is 5.56 Å². The van der Waals surface area contributed by atoms with Crippen molar-refractivity contribution in [2.45, 2.75) is 6.92 Å². The largest absolute Gasteiger partial charge is 0.495 e. The van der Waals surface area contributed by atoms with Gasteiger partial charge in [0, 0.05) is 62.1 Å². The van der Waals surface area contributed by atoms with Gasteiger partial charge in [-0.3, -0.25) is 0 Å². The van der Waals surface area contributed by atoms with Crippen molar-refractivity contribution in [3.05, 3.63) is 71.6 Å². The number of piperazine rings is 1. The van der Waals surface area contributed by atoms with E-state index in [1.54, 1.807) is 7.11 Å². The normalized spacial score (nSPS) is 14.3. The van der Waals surface area contributed by atoms with E-state index in [4.69, 9.17) is 21.3 Å². The fraction of sp³-hybridized carbons (Fsp3) is 0.250. The van der Waals surface area contributed by atoms with Crippen LogP contribution in [0.15, 0.2) is 61.1 Å². The lowest BCUT2D eigenvalue weighted by Crippen LogP contribution is -2.46. The molecule has 0 amide bonds. The highest BCUT2D eigenvalue weighted by Crippen LogP contribution is 2.33. The molecular weight excluding hydrogens is 410 g/mol. The fourth-order valence-corrected chi connectivity index (χ4v) is 4.36. The van der Waals surface area contributed by atoms with Crippen molar-refractivity contribution in [3.8, 4) is 17.0 Å². The molecule has 1 aliphatic heterocycles. The lowest BCUT2D eigenvalue weighted by Gasteiger charge is -2.36. The summed E-state index contributed by atoms with van der Waals surface area (Å²) in [6, 6.07) is 14.2. The maximum absolute atomic E-state index is 6.36. The second-order valence-electron chi connectivity index (χ2n) is 7.74. The first-order valence-corrected chi connectivity index (χ1v) is 10.7. The zero-order valence-electron chi connectivity index (χ0n) is 17.6. The monoisotopic (exact) mass is 433 g/mol. The molecule has 1 aromatic carbocycles. The maximum atomic E-state index is 6.36. The van der Waals surface area contributed by atoms with Crippen LogP contribution in [0.5, 0.6) is 5.75 Å². The summed E-state index contributed by atoms with van der Waals surface area (Å²) in [5.41, 5.74) is 5.11. The van der Waals surface area contributed by atoms with Crippen molar-refractivity contribution >= 4 is 28.8 Å². The van der Waals surface area contributed by atoms with Crippen molar-refractivity contribution in [2.75, 3.05) is 43.1 Å². The zero-order chi connectivity index (χ0) is 21.4. The van der Waals surface area contributed by atoms with Crippen LogP contribution in [0.4, 0.5) is 11.5 Å². The van der Waals surface area contributed by atoms with Gasteiger partial charge in [-0.2, -0.15) is 0 Å². The SMILES string of the molecule is COc1cc(C)c(-c2cn3ccc(N4CCN(c5ccccn5)CC4)cc3n2)cc1Cl. The Morgan fingerprint density at radius 3 is 2.55 bits per heavy atom. The third-order valence-corrected chi connectivity index (χ3v) is 6.13. The van der Waals surface area contributed by atoms with Crippen LogP contribution >= 0.6 is 11.6 Å². The highest BCUT2D eigenvalue weighted by Gasteiger charge is 2.19. The van der Waals surface area contributed by atoms with Crippen molar-refractivity contribution in [1.29, 1.82) is 0 Å². The van der Waals surface area contributed by atoms with Gasteiger partial charge in [-0.15, -0.1) is 0 Å². The Bertz CT molecular complexity index is 1220. The Kier molecular flexibility index (Phi) is 5.16. The van der Waals surface area contributed by atoms with E-state index in [1.165, 1.54) is 5.69 Å². The highest BCUT2D eigenvalue weighted by molar-refractivity contribution is 6.32. The number of halogens is 1. The van der Waals surface area contributed by atoms with Crippen molar-refractivity contribution < 1.29 is 4.74 Å². The number of imidazole rings is 1. The molecule has 0 radical (unpaired) electrons. The van der Waals surface area contributed by atoms with Gasteiger partial charge in [-0.05, 0) is 42.8 Å². The molecule has 0 atom stereocenters. The van der Waals surface area contributed by atoms with Crippen molar-refractivity contribution in [2.24, 2.45) is 0 Å². The minimum absolute atomic E-state index is 0.589. The van der Waals surface area contributed by atoms with Crippen LogP contribution in [0.25, 0.3) is 16.9 Å². The molecule has 31 heavy (non-hydrogen) atoms. The molecule has 0 aliphatic carbocycles. The number of hydrogen-bond donors (Lipinski definition) is 0. The first-order valence-electron chi connectivity index (χ1n) is 10.4. The quantitative estimate of drug-likeness (QED) is 0.467. The van der Waals surface area contributed by atoms with E-state index in [0.717, 1.165) is 54.5 Å². The Morgan fingerprint density at radius 2 is 1.81 bits per heavy atom. The molecule has 5 rings (SSSR count). The lowest BCUT2D eigenvalue weighted by atomic mass is 10.1. The van der Waals surface area contributed by atoms with Crippen LogP contribution < -0.4 is 14.5 Å². The smallest absolute Gasteiger partial charge is 0.139 e. The van der Waals surface area contributed by atoms with E-state index in [-0.39, 0.29) is 0 Å². The minimum Gasteiger partial charge on any atom is -0.495 e. The van der Waals surface area contributed by atoms with E-state index < -0.39 is 0 Å². The second kappa shape index (κ2) is 8.12. The Labute approximate surface area is 186 Å². The molecule has 3 aromatic heterocycles. The molecule has 6 nitrogen and oxygen atoms in total. The van der Waals surface area contributed by atoms with E-state index in [0.29, 0.717) is 10.8 Å². The Hall–Kier alpha value is -3.25. The summed E-state index contributed by atoms with van der Waals surface area (Å²) in [6.45, 7) is 5.85. The van der Waals surface area contributed by atoms with Crippen LogP contribution in [-0.2, 0) is 0 Å². The summed E-state index contributed by atoms with van der Waals surface area (Å²) >= 11 is 6.36. The van der Waals surface area contributed by atoms with Gasteiger partial charge >= 0.3 is 0 Å². The number of aromatic nitrogens is 3. The molecule has 0 saturated carbocycles. The van der Waals surface area contributed by atoms with Gasteiger partial charge in [0.15, 0.2) is 0 Å². The summed E-state index contributed by atoms with van der Waals surface area (Å²) in [6.07, 6.45) is 5.97. The summed E-state index contributed by atoms with van der Waals surface area (Å²) in [4.78, 5) is 14.1. The number of benzene rings is 1. The van der Waals surface area contributed by atoms with Gasteiger partial charge in [0.1, 0.15) is 17.2 Å². The first kappa shape index (κ1) is 19.7. The molecule has 0 N–H and O–H groups in total. The number of rotatable bonds is 4. The molecule has 4 aromatic rings. The fourth-order valence-electron chi connectivity index (χ4n) is 4.12. The molecule has 7 heteroatoms. The summed E-state index contributed by atoms with van der Waals surface area (Å²) in [5.74, 6) is 1.72. The first-order chi connectivity index (χ1) is 15.1. The average Bonchev–Trinajstić information content (AvgIpc) is 3.24. The predicted octanol–water partition coefficient (Wildman–Crippen LogP) is 4.69. The average molecular weight is 434 g/mol. The van der Waals surface area contributed by atoms with Crippen molar-refractivity contribution in [1.82, 2.24) is 14.4 Å². The minimum atomic E-state index is 0.589. The molecule has 1 aliphatic rings. The third kappa shape index (κ3) is 3.79. The Morgan fingerprint density at radius 1 is 1.00 bits per heavy atom. The van der Waals surface area contributed by atoms with Gasteiger partial charge < -0.3 is 18.9 Å². The number of ether oxygens (including phenoxy) is 1. The molecule has 0 spiro atoms. The lowest BCUT2D eigenvalue weighted by molar-refractivity contribution is 0.415. The highest BCUT2D eigenvalue weighted by atomic mass is 35.5. The third-order valence-electron chi connectivity index (χ3n) is 5.84. The number of hydrogen-bond acceptors (Lipinski definition) is 5. The standard InChI is InChI=1S/C24H24ClN5O/c1-17-13-22(31-2)20(25)15-19(17)21-16-30-8-6-18(14-24(30)27-21)28-9-11-29(12-10-28)23-5-3-4-7-26-23/h3-8,13-16H,9-12H2,1-2H3. The molecule has 158 valence electrons. The number of aryl methyl sites for hydroxylation is 1. The number of pyridine rings is 2. The van der Waals surface area contributed by atoms with Crippen LogP contribution in [-0.4, -0.2) is 47.7 Å². The van der Waals surface area contributed by atoms with E-state index >= 15 is 0 Å². The van der Waals surface area contributed by atoms with Gasteiger partial charge in [0.2, 0.25) is 0 Å². The van der Waals surface area contributed by atoms with Crippen molar-refractivity contribution in [3.63, 3.8) is 0 Å². The molecule has 1 saturated heterocycles. The zero-order valence-corrected chi connectivity index (χ0v) is 18.4. The van der Waals surface area contributed by atoms with Gasteiger partial charge in [-0.25, -0.2) is 9.97 Å². The number of nitrogens with zero attached hydrogens (tertiary/aromatic N) is 5. The molecule has 0 bridgehead atoms.